The third-order valence-corrected chi connectivity index (χ3v) is 6.56. The summed E-state index contributed by atoms with van der Waals surface area (Å²) in [7, 11) is 0. The predicted octanol–water partition coefficient (Wildman–Crippen LogP) is 3.61. The highest BCUT2D eigenvalue weighted by molar-refractivity contribution is 5.86. The zero-order valence-corrected chi connectivity index (χ0v) is 16.5. The highest BCUT2D eigenvalue weighted by atomic mass is 16.2. The Balaban J connectivity index is 1.51. The van der Waals surface area contributed by atoms with Crippen molar-refractivity contribution in [1.29, 1.82) is 0 Å². The van der Waals surface area contributed by atoms with Crippen molar-refractivity contribution in [1.82, 2.24) is 9.80 Å². The number of carbonyl (C=O) groups is 2. The molecule has 2 aromatic carbocycles. The van der Waals surface area contributed by atoms with Crippen LogP contribution in [0.15, 0.2) is 60.7 Å². The lowest BCUT2D eigenvalue weighted by Gasteiger charge is -2.43. The Bertz CT molecular complexity index is 785. The minimum absolute atomic E-state index is 0.0595. The van der Waals surface area contributed by atoms with Crippen molar-refractivity contribution in [2.45, 2.75) is 44.1 Å². The van der Waals surface area contributed by atoms with Crippen molar-refractivity contribution in [2.75, 3.05) is 19.6 Å². The fourth-order valence-electron chi connectivity index (χ4n) is 4.76. The first-order valence-corrected chi connectivity index (χ1v) is 10.3. The minimum Gasteiger partial charge on any atom is -0.341 e. The summed E-state index contributed by atoms with van der Waals surface area (Å²) in [4.78, 5) is 28.6. The van der Waals surface area contributed by atoms with E-state index in [0.717, 1.165) is 32.4 Å². The number of hydrogen-bond donors (Lipinski definition) is 0. The first-order valence-electron chi connectivity index (χ1n) is 10.3. The van der Waals surface area contributed by atoms with Gasteiger partial charge in [0.2, 0.25) is 11.8 Å². The van der Waals surface area contributed by atoms with E-state index >= 15 is 0 Å². The number of carbonyl (C=O) groups excluding carboxylic acids is 2. The van der Waals surface area contributed by atoms with Gasteiger partial charge in [0.1, 0.15) is 0 Å². The molecule has 2 heterocycles. The van der Waals surface area contributed by atoms with Crippen LogP contribution >= 0.6 is 0 Å². The molecule has 0 aliphatic carbocycles. The summed E-state index contributed by atoms with van der Waals surface area (Å²) in [5.41, 5.74) is 2.57. The molecule has 0 N–H and O–H groups in total. The van der Waals surface area contributed by atoms with Crippen LogP contribution in [0.3, 0.4) is 0 Å². The Hall–Kier alpha value is -2.62. The maximum absolute atomic E-state index is 12.9. The van der Waals surface area contributed by atoms with Crippen molar-refractivity contribution >= 4 is 11.8 Å². The minimum atomic E-state index is -0.0595. The molecule has 4 heteroatoms. The Labute approximate surface area is 167 Å². The van der Waals surface area contributed by atoms with Crippen molar-refractivity contribution < 1.29 is 9.59 Å². The molecular formula is C24H28N2O2. The van der Waals surface area contributed by atoms with Gasteiger partial charge in [-0.3, -0.25) is 9.59 Å². The predicted molar refractivity (Wildman–Crippen MR) is 110 cm³/mol. The van der Waals surface area contributed by atoms with Crippen molar-refractivity contribution in [3.8, 4) is 0 Å². The first-order chi connectivity index (χ1) is 13.6. The van der Waals surface area contributed by atoms with Crippen molar-refractivity contribution in [2.24, 2.45) is 0 Å². The molecule has 2 fully saturated rings. The van der Waals surface area contributed by atoms with Gasteiger partial charge in [-0.1, -0.05) is 60.7 Å². The summed E-state index contributed by atoms with van der Waals surface area (Å²) in [6.07, 6.45) is 3.23. The molecule has 2 aliphatic rings. The van der Waals surface area contributed by atoms with E-state index in [-0.39, 0.29) is 29.8 Å². The highest BCUT2D eigenvalue weighted by Crippen LogP contribution is 2.41. The lowest BCUT2D eigenvalue weighted by atomic mass is 9.68. The molecule has 4 nitrogen and oxygen atoms in total. The van der Waals surface area contributed by atoms with Crippen LogP contribution in [-0.4, -0.2) is 47.3 Å². The molecule has 0 spiro atoms. The number of piperidine rings is 1. The highest BCUT2D eigenvalue weighted by Gasteiger charge is 2.39. The first kappa shape index (κ1) is 18.7. The molecule has 0 aromatic heterocycles. The molecule has 2 aromatic rings. The Morgan fingerprint density at radius 1 is 0.964 bits per heavy atom. The molecular weight excluding hydrogens is 348 g/mol. The number of rotatable bonds is 4. The van der Waals surface area contributed by atoms with Gasteiger partial charge in [-0.15, -0.1) is 0 Å². The normalized spacial score (nSPS) is 21.8. The van der Waals surface area contributed by atoms with Gasteiger partial charge in [-0.05, 0) is 37.3 Å². The van der Waals surface area contributed by atoms with Crippen molar-refractivity contribution in [3.63, 3.8) is 0 Å². The van der Waals surface area contributed by atoms with E-state index in [1.54, 1.807) is 4.90 Å². The lowest BCUT2D eigenvalue weighted by molar-refractivity contribution is -0.140. The van der Waals surface area contributed by atoms with Crippen molar-refractivity contribution in [3.05, 3.63) is 71.8 Å². The molecule has 4 rings (SSSR count). The van der Waals surface area contributed by atoms with E-state index < -0.39 is 0 Å². The molecule has 2 amide bonds. The number of amides is 2. The van der Waals surface area contributed by atoms with E-state index in [1.807, 2.05) is 11.8 Å². The van der Waals surface area contributed by atoms with E-state index in [9.17, 15) is 9.59 Å². The topological polar surface area (TPSA) is 40.6 Å². The second-order valence-corrected chi connectivity index (χ2v) is 8.10. The van der Waals surface area contributed by atoms with Gasteiger partial charge in [0, 0.05) is 31.0 Å². The molecule has 146 valence electrons. The van der Waals surface area contributed by atoms with Gasteiger partial charge in [-0.2, -0.15) is 0 Å². The Morgan fingerprint density at radius 2 is 1.50 bits per heavy atom. The molecule has 0 radical (unpaired) electrons. The molecule has 2 saturated heterocycles. The third-order valence-electron chi connectivity index (χ3n) is 6.56. The summed E-state index contributed by atoms with van der Waals surface area (Å²) < 4.78 is 0. The maximum Gasteiger partial charge on any atom is 0.242 e. The van der Waals surface area contributed by atoms with Gasteiger partial charge < -0.3 is 9.80 Å². The van der Waals surface area contributed by atoms with Crippen LogP contribution in [-0.2, 0) is 15.0 Å². The number of nitrogens with zero attached hydrogens (tertiary/aromatic N) is 2. The number of benzene rings is 2. The summed E-state index contributed by atoms with van der Waals surface area (Å²) in [6.45, 7) is 3.70. The molecule has 0 saturated carbocycles. The average molecular weight is 377 g/mol. The Morgan fingerprint density at radius 3 is 1.96 bits per heavy atom. The van der Waals surface area contributed by atoms with Crippen LogP contribution in [0.5, 0.6) is 0 Å². The smallest absolute Gasteiger partial charge is 0.242 e. The molecule has 28 heavy (non-hydrogen) atoms. The lowest BCUT2D eigenvalue weighted by Crippen LogP contribution is -2.49. The zero-order chi connectivity index (χ0) is 19.6. The van der Waals surface area contributed by atoms with Gasteiger partial charge in [0.25, 0.3) is 0 Å². The molecule has 0 bridgehead atoms. The summed E-state index contributed by atoms with van der Waals surface area (Å²) in [6, 6.07) is 21.5. The summed E-state index contributed by atoms with van der Waals surface area (Å²) in [5.74, 6) is 0.192. The standard InChI is InChI=1S/C24H28N2O2/c1-19-12-13-22(27)26(19)18-23(28)25-16-14-24(15-17-25,20-8-4-2-5-9-20)21-10-6-3-7-11-21/h2-11,19H,12-18H2,1H3. The van der Waals surface area contributed by atoms with Crippen LogP contribution in [0.25, 0.3) is 0 Å². The molecule has 1 unspecified atom stereocenters. The second-order valence-electron chi connectivity index (χ2n) is 8.10. The average Bonchev–Trinajstić information content (AvgIpc) is 3.07. The summed E-state index contributed by atoms with van der Waals surface area (Å²) >= 11 is 0. The fourth-order valence-corrected chi connectivity index (χ4v) is 4.76. The third kappa shape index (κ3) is 3.44. The van der Waals surface area contributed by atoms with Crippen LogP contribution in [0.4, 0.5) is 0 Å². The van der Waals surface area contributed by atoms with Gasteiger partial charge in [0.05, 0.1) is 6.54 Å². The van der Waals surface area contributed by atoms with E-state index in [4.69, 9.17) is 0 Å². The Kier molecular flexibility index (Phi) is 5.21. The second kappa shape index (κ2) is 7.78. The van der Waals surface area contributed by atoms with E-state index in [0.29, 0.717) is 6.42 Å². The molecule has 2 aliphatic heterocycles. The van der Waals surface area contributed by atoms with Crippen LogP contribution in [0.1, 0.15) is 43.7 Å². The van der Waals surface area contributed by atoms with Crippen LogP contribution < -0.4 is 0 Å². The van der Waals surface area contributed by atoms with Crippen LogP contribution in [0, 0.1) is 0 Å². The summed E-state index contributed by atoms with van der Waals surface area (Å²) in [5, 5.41) is 0. The van der Waals surface area contributed by atoms with Crippen LogP contribution in [0.2, 0.25) is 0 Å². The maximum atomic E-state index is 12.9. The number of hydrogen-bond acceptors (Lipinski definition) is 2. The van der Waals surface area contributed by atoms with Gasteiger partial charge in [0.15, 0.2) is 0 Å². The monoisotopic (exact) mass is 376 g/mol. The zero-order valence-electron chi connectivity index (χ0n) is 16.5. The fraction of sp³-hybridized carbons (Fsp3) is 0.417. The van der Waals surface area contributed by atoms with Gasteiger partial charge in [-0.25, -0.2) is 0 Å². The van der Waals surface area contributed by atoms with E-state index in [1.165, 1.54) is 11.1 Å². The SMILES string of the molecule is CC1CCC(=O)N1CC(=O)N1CCC(c2ccccc2)(c2ccccc2)CC1. The van der Waals surface area contributed by atoms with Gasteiger partial charge >= 0.3 is 0 Å². The molecule has 1 atom stereocenters. The van der Waals surface area contributed by atoms with E-state index in [2.05, 4.69) is 60.7 Å². The quantitative estimate of drug-likeness (QED) is 0.818. The largest absolute Gasteiger partial charge is 0.341 e. The number of likely N-dealkylation sites (tertiary alicyclic amines) is 2.